The van der Waals surface area contributed by atoms with Gasteiger partial charge in [0.15, 0.2) is 0 Å². The lowest BCUT2D eigenvalue weighted by Crippen LogP contribution is -2.38. The van der Waals surface area contributed by atoms with Crippen molar-refractivity contribution in [1.29, 1.82) is 0 Å². The zero-order valence-corrected chi connectivity index (χ0v) is 16.6. The molecule has 3 rings (SSSR count). The maximum atomic E-state index is 12.7. The maximum absolute atomic E-state index is 12.7. The SMILES string of the molecule is CCn1c(CN(C)C)nnc1C1CCN(C(=O)c2ccc(C)c(O)c2)CC1. The van der Waals surface area contributed by atoms with Crippen LogP contribution in [0.15, 0.2) is 18.2 Å². The monoisotopic (exact) mass is 371 g/mol. The zero-order chi connectivity index (χ0) is 19.6. The van der Waals surface area contributed by atoms with Gasteiger partial charge in [0.25, 0.3) is 5.91 Å². The van der Waals surface area contributed by atoms with Crippen LogP contribution >= 0.6 is 0 Å². The molecule has 1 aromatic carbocycles. The van der Waals surface area contributed by atoms with Crippen LogP contribution in [0, 0.1) is 6.92 Å². The van der Waals surface area contributed by atoms with Crippen molar-refractivity contribution in [2.75, 3.05) is 27.2 Å². The summed E-state index contributed by atoms with van der Waals surface area (Å²) in [5.41, 5.74) is 1.32. The van der Waals surface area contributed by atoms with Crippen molar-refractivity contribution in [2.24, 2.45) is 0 Å². The topological polar surface area (TPSA) is 74.5 Å². The predicted molar refractivity (Wildman–Crippen MR) is 104 cm³/mol. The number of benzene rings is 1. The Morgan fingerprint density at radius 1 is 1.26 bits per heavy atom. The van der Waals surface area contributed by atoms with E-state index in [-0.39, 0.29) is 11.7 Å². The van der Waals surface area contributed by atoms with Gasteiger partial charge in [-0.15, -0.1) is 10.2 Å². The Bertz CT molecular complexity index is 807. The lowest BCUT2D eigenvalue weighted by molar-refractivity contribution is 0.0709. The Morgan fingerprint density at radius 3 is 2.56 bits per heavy atom. The first-order valence-electron chi connectivity index (χ1n) is 9.56. The first kappa shape index (κ1) is 19.4. The van der Waals surface area contributed by atoms with Gasteiger partial charge in [0.1, 0.15) is 17.4 Å². The molecule has 27 heavy (non-hydrogen) atoms. The highest BCUT2D eigenvalue weighted by Crippen LogP contribution is 2.29. The lowest BCUT2D eigenvalue weighted by atomic mass is 9.95. The van der Waals surface area contributed by atoms with Crippen molar-refractivity contribution in [1.82, 2.24) is 24.6 Å². The quantitative estimate of drug-likeness (QED) is 0.874. The van der Waals surface area contributed by atoms with Crippen LogP contribution in [-0.2, 0) is 13.1 Å². The van der Waals surface area contributed by atoms with Gasteiger partial charge in [0.05, 0.1) is 6.54 Å². The summed E-state index contributed by atoms with van der Waals surface area (Å²) in [6.45, 7) is 6.95. The normalized spacial score (nSPS) is 15.5. The molecule has 0 unspecified atom stereocenters. The number of rotatable bonds is 5. The van der Waals surface area contributed by atoms with Gasteiger partial charge in [0.2, 0.25) is 0 Å². The zero-order valence-electron chi connectivity index (χ0n) is 16.6. The van der Waals surface area contributed by atoms with Crippen LogP contribution in [0.5, 0.6) is 5.75 Å². The van der Waals surface area contributed by atoms with Crippen molar-refractivity contribution in [3.05, 3.63) is 41.0 Å². The molecular formula is C20H29N5O2. The third-order valence-corrected chi connectivity index (χ3v) is 5.23. The van der Waals surface area contributed by atoms with Crippen molar-refractivity contribution in [2.45, 2.75) is 45.7 Å². The van der Waals surface area contributed by atoms with Crippen molar-refractivity contribution in [3.8, 4) is 5.75 Å². The molecule has 1 aliphatic heterocycles. The minimum absolute atomic E-state index is 0.0194. The number of likely N-dealkylation sites (tertiary alicyclic amines) is 1. The molecule has 0 bridgehead atoms. The van der Waals surface area contributed by atoms with Gasteiger partial charge in [-0.05, 0) is 58.5 Å². The van der Waals surface area contributed by atoms with Crippen molar-refractivity contribution < 1.29 is 9.90 Å². The molecule has 7 nitrogen and oxygen atoms in total. The molecule has 0 aliphatic carbocycles. The number of nitrogens with zero attached hydrogens (tertiary/aromatic N) is 5. The highest BCUT2D eigenvalue weighted by atomic mass is 16.3. The predicted octanol–water partition coefficient (Wildman–Crippen LogP) is 2.39. The fourth-order valence-corrected chi connectivity index (χ4v) is 3.66. The number of hydrogen-bond acceptors (Lipinski definition) is 5. The number of aromatic nitrogens is 3. The number of aromatic hydroxyl groups is 1. The Kier molecular flexibility index (Phi) is 5.79. The van der Waals surface area contributed by atoms with Crippen LogP contribution in [0.4, 0.5) is 0 Å². The molecule has 0 spiro atoms. The van der Waals surface area contributed by atoms with E-state index in [4.69, 9.17) is 0 Å². The molecule has 2 heterocycles. The summed E-state index contributed by atoms with van der Waals surface area (Å²) in [7, 11) is 4.06. The molecule has 0 saturated carbocycles. The van der Waals surface area contributed by atoms with Gasteiger partial charge in [0, 0.05) is 31.1 Å². The van der Waals surface area contributed by atoms with E-state index in [1.165, 1.54) is 0 Å². The molecule has 0 atom stereocenters. The van der Waals surface area contributed by atoms with Crippen LogP contribution in [0.3, 0.4) is 0 Å². The molecule has 0 radical (unpaired) electrons. The summed E-state index contributed by atoms with van der Waals surface area (Å²) in [5.74, 6) is 2.50. The Morgan fingerprint density at radius 2 is 1.96 bits per heavy atom. The molecule has 146 valence electrons. The first-order chi connectivity index (χ1) is 12.9. The average Bonchev–Trinajstić information content (AvgIpc) is 3.05. The smallest absolute Gasteiger partial charge is 0.253 e. The summed E-state index contributed by atoms with van der Waals surface area (Å²) < 4.78 is 2.21. The van der Waals surface area contributed by atoms with E-state index in [0.717, 1.165) is 43.1 Å². The average molecular weight is 371 g/mol. The van der Waals surface area contributed by atoms with E-state index in [0.29, 0.717) is 24.6 Å². The van der Waals surface area contributed by atoms with Gasteiger partial charge >= 0.3 is 0 Å². The second kappa shape index (κ2) is 8.08. The van der Waals surface area contributed by atoms with Gasteiger partial charge in [-0.2, -0.15) is 0 Å². The lowest BCUT2D eigenvalue weighted by Gasteiger charge is -2.32. The molecule has 1 aliphatic rings. The van der Waals surface area contributed by atoms with E-state index in [1.54, 1.807) is 18.2 Å². The third-order valence-electron chi connectivity index (χ3n) is 5.23. The number of phenols is 1. The van der Waals surface area contributed by atoms with Crippen molar-refractivity contribution in [3.63, 3.8) is 0 Å². The summed E-state index contributed by atoms with van der Waals surface area (Å²) in [6, 6.07) is 5.13. The Balaban J connectivity index is 1.67. The molecule has 1 aromatic heterocycles. The number of carbonyl (C=O) groups is 1. The van der Waals surface area contributed by atoms with E-state index in [1.807, 2.05) is 25.9 Å². The number of phenolic OH excluding ortho intramolecular Hbond substituents is 1. The van der Waals surface area contributed by atoms with Gasteiger partial charge in [-0.1, -0.05) is 6.07 Å². The minimum atomic E-state index is -0.0194. The summed E-state index contributed by atoms with van der Waals surface area (Å²) in [5, 5.41) is 18.7. The number of aryl methyl sites for hydroxylation is 1. The molecule has 2 aromatic rings. The van der Waals surface area contributed by atoms with Crippen LogP contribution in [-0.4, -0.2) is 62.8 Å². The Hall–Kier alpha value is -2.41. The van der Waals surface area contributed by atoms with Gasteiger partial charge in [-0.25, -0.2) is 0 Å². The van der Waals surface area contributed by atoms with E-state index >= 15 is 0 Å². The van der Waals surface area contributed by atoms with E-state index in [2.05, 4.69) is 26.6 Å². The largest absolute Gasteiger partial charge is 0.508 e. The third kappa shape index (κ3) is 4.13. The van der Waals surface area contributed by atoms with Gasteiger partial charge in [-0.3, -0.25) is 4.79 Å². The molecule has 1 amide bonds. The summed E-state index contributed by atoms with van der Waals surface area (Å²) >= 11 is 0. The molecule has 1 N–H and O–H groups in total. The minimum Gasteiger partial charge on any atom is -0.508 e. The number of hydrogen-bond donors (Lipinski definition) is 1. The number of carbonyl (C=O) groups excluding carboxylic acids is 1. The standard InChI is InChI=1S/C20H29N5O2/c1-5-25-18(13-23(3)4)21-22-19(25)15-8-10-24(11-9-15)20(27)16-7-6-14(2)17(26)12-16/h6-7,12,15,26H,5,8-11,13H2,1-4H3. The molecule has 7 heteroatoms. The molecule has 1 fully saturated rings. The van der Waals surface area contributed by atoms with Crippen LogP contribution in [0.2, 0.25) is 0 Å². The highest BCUT2D eigenvalue weighted by Gasteiger charge is 2.28. The van der Waals surface area contributed by atoms with E-state index < -0.39 is 0 Å². The fourth-order valence-electron chi connectivity index (χ4n) is 3.66. The van der Waals surface area contributed by atoms with Crippen LogP contribution in [0.1, 0.15) is 53.3 Å². The maximum Gasteiger partial charge on any atom is 0.253 e. The van der Waals surface area contributed by atoms with Crippen molar-refractivity contribution >= 4 is 5.91 Å². The van der Waals surface area contributed by atoms with Gasteiger partial charge < -0.3 is 19.5 Å². The molecule has 1 saturated heterocycles. The molecular weight excluding hydrogens is 342 g/mol. The van der Waals surface area contributed by atoms with Crippen LogP contribution < -0.4 is 0 Å². The summed E-state index contributed by atoms with van der Waals surface area (Å²) in [6.07, 6.45) is 1.76. The second-order valence-corrected chi connectivity index (χ2v) is 7.52. The highest BCUT2D eigenvalue weighted by molar-refractivity contribution is 5.94. The first-order valence-corrected chi connectivity index (χ1v) is 9.56. The number of piperidine rings is 1. The summed E-state index contributed by atoms with van der Waals surface area (Å²) in [4.78, 5) is 16.7. The van der Waals surface area contributed by atoms with E-state index in [9.17, 15) is 9.90 Å². The fraction of sp³-hybridized carbons (Fsp3) is 0.550. The number of amides is 1. The second-order valence-electron chi connectivity index (χ2n) is 7.52. The Labute approximate surface area is 160 Å². The van der Waals surface area contributed by atoms with Crippen LogP contribution in [0.25, 0.3) is 0 Å².